The van der Waals surface area contributed by atoms with E-state index in [-0.39, 0.29) is 11.6 Å². The van der Waals surface area contributed by atoms with E-state index in [2.05, 4.69) is 16.8 Å². The van der Waals surface area contributed by atoms with Crippen LogP contribution in [0.5, 0.6) is 0 Å². The number of hydrogen-bond donors (Lipinski definition) is 0. The van der Waals surface area contributed by atoms with E-state index < -0.39 is 4.92 Å². The molecule has 2 aromatic rings. The van der Waals surface area contributed by atoms with Crippen molar-refractivity contribution in [2.24, 2.45) is 0 Å². The average molecular weight is 336 g/mol. The van der Waals surface area contributed by atoms with E-state index in [0.717, 1.165) is 5.56 Å². The zero-order valence-electron chi connectivity index (χ0n) is 13.5. The van der Waals surface area contributed by atoms with Crippen molar-refractivity contribution in [2.75, 3.05) is 31.1 Å². The molecule has 126 valence electrons. The second-order valence-electron chi connectivity index (χ2n) is 5.52. The lowest BCUT2D eigenvalue weighted by molar-refractivity contribution is -0.384. The predicted octanol–water partition coefficient (Wildman–Crippen LogP) is 1.69. The summed E-state index contributed by atoms with van der Waals surface area (Å²) in [7, 11) is 0. The van der Waals surface area contributed by atoms with Crippen LogP contribution in [0.4, 0.5) is 11.4 Å². The van der Waals surface area contributed by atoms with Crippen LogP contribution in [0, 0.1) is 22.0 Å². The van der Waals surface area contributed by atoms with Crippen molar-refractivity contribution in [3.63, 3.8) is 0 Å². The SMILES string of the molecule is O=C(C#Cc1ccccc1)N1CCN(c2ccncc2[N+](=O)[O-])CC1. The van der Waals surface area contributed by atoms with E-state index in [4.69, 9.17) is 0 Å². The van der Waals surface area contributed by atoms with Gasteiger partial charge in [0, 0.05) is 43.9 Å². The number of anilines is 1. The van der Waals surface area contributed by atoms with Crippen LogP contribution in [-0.2, 0) is 4.79 Å². The standard InChI is InChI=1S/C18H16N4O3/c23-18(7-6-15-4-2-1-3-5-15)21-12-10-20(11-13-21)16-8-9-19-14-17(16)22(24)25/h1-5,8-9,14H,10-13H2. The minimum atomic E-state index is -0.439. The summed E-state index contributed by atoms with van der Waals surface area (Å²) in [6.07, 6.45) is 2.78. The fourth-order valence-electron chi connectivity index (χ4n) is 2.66. The van der Waals surface area contributed by atoms with Crippen LogP contribution in [0.25, 0.3) is 0 Å². The van der Waals surface area contributed by atoms with Gasteiger partial charge >= 0.3 is 5.69 Å². The Morgan fingerprint density at radius 1 is 1.12 bits per heavy atom. The molecule has 1 amide bonds. The smallest absolute Gasteiger partial charge is 0.310 e. The van der Waals surface area contributed by atoms with Gasteiger partial charge < -0.3 is 9.80 Å². The Bertz CT molecular complexity index is 834. The van der Waals surface area contributed by atoms with Crippen LogP contribution < -0.4 is 4.90 Å². The number of amides is 1. The van der Waals surface area contributed by atoms with Gasteiger partial charge in [-0.25, -0.2) is 0 Å². The molecule has 1 aliphatic heterocycles. The van der Waals surface area contributed by atoms with Crippen molar-refractivity contribution in [3.05, 3.63) is 64.5 Å². The molecule has 0 bridgehead atoms. The Labute approximate surface area is 145 Å². The first-order valence-electron chi connectivity index (χ1n) is 7.84. The topological polar surface area (TPSA) is 79.6 Å². The number of carbonyl (C=O) groups excluding carboxylic acids is 1. The third kappa shape index (κ3) is 3.93. The van der Waals surface area contributed by atoms with Crippen LogP contribution in [-0.4, -0.2) is 46.9 Å². The zero-order chi connectivity index (χ0) is 17.6. The van der Waals surface area contributed by atoms with Crippen molar-refractivity contribution in [1.82, 2.24) is 9.88 Å². The molecular weight excluding hydrogens is 320 g/mol. The fraction of sp³-hybridized carbons (Fsp3) is 0.222. The highest BCUT2D eigenvalue weighted by Crippen LogP contribution is 2.27. The Morgan fingerprint density at radius 3 is 2.52 bits per heavy atom. The van der Waals surface area contributed by atoms with E-state index in [9.17, 15) is 14.9 Å². The average Bonchev–Trinajstić information content (AvgIpc) is 2.67. The number of pyridine rings is 1. The highest BCUT2D eigenvalue weighted by molar-refractivity contribution is 5.94. The summed E-state index contributed by atoms with van der Waals surface area (Å²) >= 11 is 0. The molecule has 1 saturated heterocycles. The quantitative estimate of drug-likeness (QED) is 0.474. The first kappa shape index (κ1) is 16.5. The first-order chi connectivity index (χ1) is 12.1. The van der Waals surface area contributed by atoms with E-state index in [0.29, 0.717) is 31.9 Å². The van der Waals surface area contributed by atoms with Crippen LogP contribution in [0.2, 0.25) is 0 Å². The van der Waals surface area contributed by atoms with Crippen molar-refractivity contribution >= 4 is 17.3 Å². The molecular formula is C18H16N4O3. The highest BCUT2D eigenvalue weighted by Gasteiger charge is 2.25. The summed E-state index contributed by atoms with van der Waals surface area (Å²) in [4.78, 5) is 30.2. The van der Waals surface area contributed by atoms with E-state index in [1.165, 1.54) is 12.4 Å². The second-order valence-corrected chi connectivity index (χ2v) is 5.52. The molecule has 0 unspecified atom stereocenters. The minimum Gasteiger partial charge on any atom is -0.362 e. The number of rotatable bonds is 2. The number of benzene rings is 1. The lowest BCUT2D eigenvalue weighted by Gasteiger charge is -2.34. The highest BCUT2D eigenvalue weighted by atomic mass is 16.6. The summed E-state index contributed by atoms with van der Waals surface area (Å²) in [6.45, 7) is 1.98. The fourth-order valence-corrected chi connectivity index (χ4v) is 2.66. The second kappa shape index (κ2) is 7.45. The summed E-state index contributed by atoms with van der Waals surface area (Å²) in [5.74, 6) is 5.28. The van der Waals surface area contributed by atoms with Crippen LogP contribution in [0.15, 0.2) is 48.8 Å². The molecule has 0 N–H and O–H groups in total. The maximum atomic E-state index is 12.2. The maximum Gasteiger partial charge on any atom is 0.310 e. The van der Waals surface area contributed by atoms with Gasteiger partial charge in [-0.2, -0.15) is 0 Å². The van der Waals surface area contributed by atoms with Crippen molar-refractivity contribution in [1.29, 1.82) is 0 Å². The number of nitro groups is 1. The lowest BCUT2D eigenvalue weighted by Crippen LogP contribution is -2.48. The van der Waals surface area contributed by atoms with Gasteiger partial charge in [-0.05, 0) is 18.2 Å². The zero-order valence-corrected chi connectivity index (χ0v) is 13.5. The third-order valence-corrected chi connectivity index (χ3v) is 3.97. The minimum absolute atomic E-state index is 0.0221. The summed E-state index contributed by atoms with van der Waals surface area (Å²) < 4.78 is 0. The monoisotopic (exact) mass is 336 g/mol. The number of aromatic nitrogens is 1. The van der Waals surface area contributed by atoms with Crippen LogP contribution in [0.3, 0.4) is 0 Å². The Hall–Kier alpha value is -3.40. The summed E-state index contributed by atoms with van der Waals surface area (Å²) in [5, 5.41) is 11.1. The first-order valence-corrected chi connectivity index (χ1v) is 7.84. The normalized spacial score (nSPS) is 13.8. The van der Waals surface area contributed by atoms with Crippen LogP contribution >= 0.6 is 0 Å². The molecule has 0 radical (unpaired) electrons. The maximum absolute atomic E-state index is 12.2. The molecule has 7 heteroatoms. The molecule has 0 spiro atoms. The molecule has 1 aromatic carbocycles. The summed E-state index contributed by atoms with van der Waals surface area (Å²) in [6, 6.07) is 11.0. The number of carbonyl (C=O) groups is 1. The van der Waals surface area contributed by atoms with Crippen molar-refractivity contribution in [3.8, 4) is 11.8 Å². The van der Waals surface area contributed by atoms with Gasteiger partial charge in [-0.15, -0.1) is 0 Å². The van der Waals surface area contributed by atoms with Gasteiger partial charge in [0.05, 0.1) is 4.92 Å². The predicted molar refractivity (Wildman–Crippen MR) is 93.0 cm³/mol. The van der Waals surface area contributed by atoms with Crippen LogP contribution in [0.1, 0.15) is 5.56 Å². The molecule has 0 atom stereocenters. The Morgan fingerprint density at radius 2 is 1.84 bits per heavy atom. The molecule has 1 aromatic heterocycles. The Balaban J connectivity index is 1.64. The van der Waals surface area contributed by atoms with Gasteiger partial charge in [-0.1, -0.05) is 24.1 Å². The molecule has 0 saturated carbocycles. The van der Waals surface area contributed by atoms with Crippen molar-refractivity contribution < 1.29 is 9.72 Å². The molecule has 1 aliphatic rings. The Kier molecular flexibility index (Phi) is 4.90. The summed E-state index contributed by atoms with van der Waals surface area (Å²) in [5.41, 5.74) is 1.30. The molecule has 2 heterocycles. The third-order valence-electron chi connectivity index (χ3n) is 3.97. The molecule has 0 aliphatic carbocycles. The van der Waals surface area contributed by atoms with Crippen molar-refractivity contribution in [2.45, 2.75) is 0 Å². The van der Waals surface area contributed by atoms with E-state index in [1.807, 2.05) is 35.2 Å². The van der Waals surface area contributed by atoms with Gasteiger partial charge in [0.2, 0.25) is 0 Å². The van der Waals surface area contributed by atoms with Gasteiger partial charge in [0.1, 0.15) is 11.9 Å². The van der Waals surface area contributed by atoms with Gasteiger partial charge in [0.15, 0.2) is 0 Å². The van der Waals surface area contributed by atoms with E-state index in [1.54, 1.807) is 11.0 Å². The molecule has 1 fully saturated rings. The lowest BCUT2D eigenvalue weighted by atomic mass is 10.2. The van der Waals surface area contributed by atoms with Gasteiger partial charge in [-0.3, -0.25) is 19.9 Å². The number of piperazine rings is 1. The molecule has 3 rings (SSSR count). The number of nitrogens with zero attached hydrogens (tertiary/aromatic N) is 4. The largest absolute Gasteiger partial charge is 0.362 e. The van der Waals surface area contributed by atoms with Gasteiger partial charge in [0.25, 0.3) is 5.91 Å². The molecule has 25 heavy (non-hydrogen) atoms. The van der Waals surface area contributed by atoms with E-state index >= 15 is 0 Å². The molecule has 7 nitrogen and oxygen atoms in total. The number of hydrogen-bond acceptors (Lipinski definition) is 5.